The van der Waals surface area contributed by atoms with Crippen molar-refractivity contribution in [2.24, 2.45) is 0 Å². The molecule has 0 aromatic carbocycles. The van der Waals surface area contributed by atoms with Crippen LogP contribution in [-0.4, -0.2) is 57.6 Å². The third-order valence-electron chi connectivity index (χ3n) is 3.23. The number of anilines is 1. The van der Waals surface area contributed by atoms with Crippen molar-refractivity contribution < 1.29 is 8.42 Å². The highest BCUT2D eigenvalue weighted by Crippen LogP contribution is 2.23. The van der Waals surface area contributed by atoms with Crippen LogP contribution in [0.3, 0.4) is 0 Å². The molecular formula is C13H22N4O2S. The van der Waals surface area contributed by atoms with Gasteiger partial charge in [0, 0.05) is 38.4 Å². The molecule has 0 unspecified atom stereocenters. The molecule has 1 aliphatic rings. The summed E-state index contributed by atoms with van der Waals surface area (Å²) in [5.41, 5.74) is 0. The fourth-order valence-corrected chi connectivity index (χ4v) is 3.65. The molecule has 1 fully saturated rings. The van der Waals surface area contributed by atoms with Crippen LogP contribution in [0.4, 0.5) is 5.82 Å². The first kappa shape index (κ1) is 15.2. The van der Waals surface area contributed by atoms with Crippen molar-refractivity contribution in [1.29, 1.82) is 0 Å². The Morgan fingerprint density at radius 3 is 2.50 bits per heavy atom. The molecule has 0 spiro atoms. The molecule has 0 saturated carbocycles. The van der Waals surface area contributed by atoms with E-state index in [-0.39, 0.29) is 10.9 Å². The van der Waals surface area contributed by atoms with Gasteiger partial charge in [-0.2, -0.15) is 0 Å². The molecule has 0 amide bonds. The number of aromatic nitrogens is 1. The zero-order chi connectivity index (χ0) is 14.8. The van der Waals surface area contributed by atoms with Crippen LogP contribution in [0, 0.1) is 0 Å². The van der Waals surface area contributed by atoms with Crippen molar-refractivity contribution in [3.8, 4) is 0 Å². The lowest BCUT2D eigenvalue weighted by molar-refractivity contribution is 0.311. The Bertz CT molecular complexity index is 551. The lowest BCUT2D eigenvalue weighted by atomic mass is 10.3. The summed E-state index contributed by atoms with van der Waals surface area (Å²) in [6, 6.07) is 3.14. The normalized spacial score (nSPS) is 17.7. The first-order valence-corrected chi connectivity index (χ1v) is 8.29. The van der Waals surface area contributed by atoms with Gasteiger partial charge in [-0.05, 0) is 33.0 Å². The number of piperazine rings is 1. The average Bonchev–Trinajstić information content (AvgIpc) is 2.38. The topological polar surface area (TPSA) is 65.5 Å². The Morgan fingerprint density at radius 2 is 1.90 bits per heavy atom. The zero-order valence-corrected chi connectivity index (χ0v) is 13.0. The van der Waals surface area contributed by atoms with Crippen LogP contribution in [0.5, 0.6) is 0 Å². The maximum atomic E-state index is 12.4. The maximum absolute atomic E-state index is 12.4. The molecule has 0 aliphatic carbocycles. The fraction of sp³-hybridized carbons (Fsp3) is 0.615. The number of nitrogens with one attached hydrogen (secondary N) is 1. The van der Waals surface area contributed by atoms with E-state index in [2.05, 4.69) is 21.7 Å². The summed E-state index contributed by atoms with van der Waals surface area (Å²) in [4.78, 5) is 8.81. The van der Waals surface area contributed by atoms with E-state index in [9.17, 15) is 8.42 Å². The number of nitrogens with zero attached hydrogens (tertiary/aromatic N) is 3. The standard InChI is InChI=1S/C13H22N4O2S/c1-11(2)15-20(18,19)12-5-4-6-14-13(12)17-9-7-16(3)8-10-17/h4-6,11,15H,7-10H2,1-3H3. The molecule has 1 saturated heterocycles. The van der Waals surface area contributed by atoms with Crippen molar-refractivity contribution in [3.05, 3.63) is 18.3 Å². The van der Waals surface area contributed by atoms with E-state index >= 15 is 0 Å². The first-order chi connectivity index (χ1) is 9.40. The average molecular weight is 298 g/mol. The molecular weight excluding hydrogens is 276 g/mol. The molecule has 1 N–H and O–H groups in total. The predicted octanol–water partition coefficient (Wildman–Crippen LogP) is 0.520. The molecule has 0 radical (unpaired) electrons. The molecule has 1 aromatic rings. The van der Waals surface area contributed by atoms with E-state index in [0.29, 0.717) is 5.82 Å². The molecule has 112 valence electrons. The predicted molar refractivity (Wildman–Crippen MR) is 79.4 cm³/mol. The van der Waals surface area contributed by atoms with Gasteiger partial charge in [-0.1, -0.05) is 0 Å². The van der Waals surface area contributed by atoms with Gasteiger partial charge in [-0.15, -0.1) is 0 Å². The first-order valence-electron chi connectivity index (χ1n) is 6.81. The van der Waals surface area contributed by atoms with E-state index in [4.69, 9.17) is 0 Å². The SMILES string of the molecule is CC(C)NS(=O)(=O)c1cccnc1N1CCN(C)CC1. The van der Waals surface area contributed by atoms with Gasteiger partial charge >= 0.3 is 0 Å². The largest absolute Gasteiger partial charge is 0.353 e. The number of likely N-dealkylation sites (N-methyl/N-ethyl adjacent to an activating group) is 1. The van der Waals surface area contributed by atoms with Crippen molar-refractivity contribution in [3.63, 3.8) is 0 Å². The van der Waals surface area contributed by atoms with Crippen LogP contribution in [0.1, 0.15) is 13.8 Å². The summed E-state index contributed by atoms with van der Waals surface area (Å²) in [6.07, 6.45) is 1.64. The Labute approximate surface area is 120 Å². The molecule has 7 heteroatoms. The van der Waals surface area contributed by atoms with E-state index in [0.717, 1.165) is 26.2 Å². The van der Waals surface area contributed by atoms with E-state index in [1.54, 1.807) is 18.3 Å². The van der Waals surface area contributed by atoms with Crippen molar-refractivity contribution >= 4 is 15.8 Å². The smallest absolute Gasteiger partial charge is 0.244 e. The Hall–Kier alpha value is -1.18. The highest BCUT2D eigenvalue weighted by Gasteiger charge is 2.25. The van der Waals surface area contributed by atoms with Gasteiger partial charge in [0.15, 0.2) is 0 Å². The second kappa shape index (κ2) is 6.07. The van der Waals surface area contributed by atoms with Crippen LogP contribution in [0.25, 0.3) is 0 Å². The highest BCUT2D eigenvalue weighted by molar-refractivity contribution is 7.89. The van der Waals surface area contributed by atoms with Crippen LogP contribution in [-0.2, 0) is 10.0 Å². The van der Waals surface area contributed by atoms with Crippen LogP contribution in [0.15, 0.2) is 23.2 Å². The summed E-state index contributed by atoms with van der Waals surface area (Å²) >= 11 is 0. The zero-order valence-electron chi connectivity index (χ0n) is 12.2. The fourth-order valence-electron chi connectivity index (χ4n) is 2.22. The Kier molecular flexibility index (Phi) is 4.62. The van der Waals surface area contributed by atoms with Gasteiger partial charge in [0.2, 0.25) is 10.0 Å². The van der Waals surface area contributed by atoms with E-state index < -0.39 is 10.0 Å². The number of rotatable bonds is 4. The minimum absolute atomic E-state index is 0.138. The summed E-state index contributed by atoms with van der Waals surface area (Å²) in [5.74, 6) is 0.550. The molecule has 6 nitrogen and oxygen atoms in total. The molecule has 0 bridgehead atoms. The van der Waals surface area contributed by atoms with Gasteiger partial charge in [0.05, 0.1) is 0 Å². The van der Waals surface area contributed by atoms with Crippen molar-refractivity contribution in [2.75, 3.05) is 38.1 Å². The molecule has 20 heavy (non-hydrogen) atoms. The number of hydrogen-bond donors (Lipinski definition) is 1. The third kappa shape index (κ3) is 3.47. The van der Waals surface area contributed by atoms with Gasteiger partial charge in [0.1, 0.15) is 10.7 Å². The second-order valence-electron chi connectivity index (χ2n) is 5.39. The highest BCUT2D eigenvalue weighted by atomic mass is 32.2. The summed E-state index contributed by atoms with van der Waals surface area (Å²) < 4.78 is 27.4. The number of hydrogen-bond acceptors (Lipinski definition) is 5. The van der Waals surface area contributed by atoms with Crippen molar-refractivity contribution in [1.82, 2.24) is 14.6 Å². The number of sulfonamides is 1. The summed E-state index contributed by atoms with van der Waals surface area (Å²) in [5, 5.41) is 0. The number of pyridine rings is 1. The lowest BCUT2D eigenvalue weighted by Crippen LogP contribution is -2.45. The molecule has 1 aromatic heterocycles. The summed E-state index contributed by atoms with van der Waals surface area (Å²) in [7, 11) is -1.46. The third-order valence-corrected chi connectivity index (χ3v) is 4.91. The molecule has 0 atom stereocenters. The minimum Gasteiger partial charge on any atom is -0.353 e. The second-order valence-corrected chi connectivity index (χ2v) is 7.07. The molecule has 1 aliphatic heterocycles. The van der Waals surface area contributed by atoms with Gasteiger partial charge in [-0.3, -0.25) is 0 Å². The van der Waals surface area contributed by atoms with E-state index in [1.807, 2.05) is 18.7 Å². The van der Waals surface area contributed by atoms with Crippen LogP contribution < -0.4 is 9.62 Å². The summed E-state index contributed by atoms with van der Waals surface area (Å²) in [6.45, 7) is 7.02. The Morgan fingerprint density at radius 1 is 1.25 bits per heavy atom. The maximum Gasteiger partial charge on any atom is 0.244 e. The monoisotopic (exact) mass is 298 g/mol. The van der Waals surface area contributed by atoms with Gasteiger partial charge < -0.3 is 9.80 Å². The Balaban J connectivity index is 2.31. The van der Waals surface area contributed by atoms with Gasteiger partial charge in [0.25, 0.3) is 0 Å². The lowest BCUT2D eigenvalue weighted by Gasteiger charge is -2.34. The van der Waals surface area contributed by atoms with E-state index in [1.165, 1.54) is 0 Å². The molecule has 2 heterocycles. The van der Waals surface area contributed by atoms with Crippen LogP contribution >= 0.6 is 0 Å². The van der Waals surface area contributed by atoms with Gasteiger partial charge in [-0.25, -0.2) is 18.1 Å². The van der Waals surface area contributed by atoms with Crippen molar-refractivity contribution in [2.45, 2.75) is 24.8 Å². The van der Waals surface area contributed by atoms with Crippen LogP contribution in [0.2, 0.25) is 0 Å². The quantitative estimate of drug-likeness (QED) is 0.878. The molecule has 2 rings (SSSR count). The minimum atomic E-state index is -3.52.